The number of aliphatic carboxylic acids is 1. The van der Waals surface area contributed by atoms with Crippen molar-refractivity contribution in [2.75, 3.05) is 13.1 Å². The fraction of sp³-hybridized carbons (Fsp3) is 0.600. The highest BCUT2D eigenvalue weighted by Gasteiger charge is 2.15. The zero-order valence-electron chi connectivity index (χ0n) is 10.2. The second kappa shape index (κ2) is 6.70. The summed E-state index contributed by atoms with van der Waals surface area (Å²) in [5.41, 5.74) is 5.08. The van der Waals surface area contributed by atoms with Gasteiger partial charge in [0.05, 0.1) is 19.6 Å². The largest absolute Gasteiger partial charge is 0.480 e. The van der Waals surface area contributed by atoms with Crippen molar-refractivity contribution in [3.05, 3.63) is 12.2 Å². The Morgan fingerprint density at radius 1 is 1.50 bits per heavy atom. The number of primary amides is 1. The lowest BCUT2D eigenvalue weighted by atomic mass is 10.4. The first kappa shape index (κ1) is 14.1. The zero-order chi connectivity index (χ0) is 13.5. The van der Waals surface area contributed by atoms with Crippen LogP contribution < -0.4 is 5.73 Å². The van der Waals surface area contributed by atoms with Crippen molar-refractivity contribution in [3.8, 4) is 0 Å². The molecule has 18 heavy (non-hydrogen) atoms. The molecule has 1 rings (SSSR count). The van der Waals surface area contributed by atoms with Gasteiger partial charge in [0.25, 0.3) is 0 Å². The molecule has 8 heteroatoms. The summed E-state index contributed by atoms with van der Waals surface area (Å²) in [7, 11) is 0. The smallest absolute Gasteiger partial charge is 0.317 e. The Bertz CT molecular complexity index is 401. The summed E-state index contributed by atoms with van der Waals surface area (Å²) in [5.74, 6) is -0.963. The Kier molecular flexibility index (Phi) is 5.25. The van der Waals surface area contributed by atoms with Crippen molar-refractivity contribution in [3.63, 3.8) is 0 Å². The highest BCUT2D eigenvalue weighted by atomic mass is 16.4. The van der Waals surface area contributed by atoms with Gasteiger partial charge in [-0.1, -0.05) is 6.92 Å². The zero-order valence-corrected chi connectivity index (χ0v) is 10.2. The third kappa shape index (κ3) is 4.50. The first-order valence-corrected chi connectivity index (χ1v) is 5.62. The van der Waals surface area contributed by atoms with Crippen LogP contribution in [0.3, 0.4) is 0 Å². The highest BCUT2D eigenvalue weighted by Crippen LogP contribution is 2.02. The van der Waals surface area contributed by atoms with Gasteiger partial charge in [-0.05, 0) is 6.42 Å². The van der Waals surface area contributed by atoms with Crippen molar-refractivity contribution in [2.45, 2.75) is 26.4 Å². The van der Waals surface area contributed by atoms with E-state index in [0.29, 0.717) is 12.4 Å². The minimum atomic E-state index is -1.02. The van der Waals surface area contributed by atoms with Crippen molar-refractivity contribution in [1.82, 2.24) is 19.7 Å². The molecule has 0 aliphatic heterocycles. The molecule has 1 heterocycles. The maximum Gasteiger partial charge on any atom is 0.317 e. The highest BCUT2D eigenvalue weighted by molar-refractivity contribution is 5.77. The van der Waals surface area contributed by atoms with Crippen LogP contribution in [-0.2, 0) is 22.7 Å². The summed E-state index contributed by atoms with van der Waals surface area (Å²) in [4.78, 5) is 27.0. The van der Waals surface area contributed by atoms with Crippen LogP contribution in [0.4, 0.5) is 0 Å². The number of rotatable bonds is 8. The average molecular weight is 255 g/mol. The average Bonchev–Trinajstić information content (AvgIpc) is 2.64. The number of nitrogens with zero attached hydrogens (tertiary/aromatic N) is 4. The van der Waals surface area contributed by atoms with Crippen LogP contribution in [0, 0.1) is 0 Å². The van der Waals surface area contributed by atoms with Crippen LogP contribution in [0.1, 0.15) is 19.2 Å². The topological polar surface area (TPSA) is 114 Å². The molecule has 100 valence electrons. The molecule has 0 unspecified atom stereocenters. The molecule has 0 saturated heterocycles. The minimum absolute atomic E-state index is 0.120. The quantitative estimate of drug-likeness (QED) is 0.619. The number of carbonyl (C=O) groups excluding carboxylic acids is 1. The number of carboxylic acids is 1. The molecule has 0 radical (unpaired) electrons. The second-order valence-electron chi connectivity index (χ2n) is 3.90. The monoisotopic (exact) mass is 255 g/mol. The lowest BCUT2D eigenvalue weighted by molar-refractivity contribution is -0.138. The van der Waals surface area contributed by atoms with E-state index in [0.717, 1.165) is 6.42 Å². The molecular weight excluding hydrogens is 238 g/mol. The number of nitrogens with two attached hydrogens (primary N) is 1. The van der Waals surface area contributed by atoms with E-state index in [9.17, 15) is 9.59 Å². The summed E-state index contributed by atoms with van der Waals surface area (Å²) in [5, 5.41) is 12.8. The summed E-state index contributed by atoms with van der Waals surface area (Å²) >= 11 is 0. The summed E-state index contributed by atoms with van der Waals surface area (Å²) in [6.45, 7) is 2.55. The van der Waals surface area contributed by atoms with E-state index in [2.05, 4.69) is 10.1 Å². The van der Waals surface area contributed by atoms with Gasteiger partial charge in [-0.2, -0.15) is 5.10 Å². The normalized spacial score (nSPS) is 10.8. The van der Waals surface area contributed by atoms with Crippen LogP contribution in [0.5, 0.6) is 0 Å². The third-order valence-electron chi connectivity index (χ3n) is 2.23. The predicted molar refractivity (Wildman–Crippen MR) is 62.4 cm³/mol. The Morgan fingerprint density at radius 2 is 2.22 bits per heavy atom. The molecule has 1 amide bonds. The standard InChI is InChI=1S/C10H17N5O3/c1-2-3-15-9(12-7-13-15)5-14(4-8(11)16)6-10(17)18/h7H,2-6H2,1H3,(H2,11,16)(H,17,18). The van der Waals surface area contributed by atoms with E-state index in [1.807, 2.05) is 6.92 Å². The van der Waals surface area contributed by atoms with Crippen molar-refractivity contribution in [1.29, 1.82) is 0 Å². The van der Waals surface area contributed by atoms with Crippen molar-refractivity contribution < 1.29 is 14.7 Å². The van der Waals surface area contributed by atoms with Gasteiger partial charge in [-0.15, -0.1) is 0 Å². The number of carbonyl (C=O) groups is 2. The molecule has 0 atom stereocenters. The van der Waals surface area contributed by atoms with Gasteiger partial charge in [0.15, 0.2) is 0 Å². The Morgan fingerprint density at radius 3 is 2.78 bits per heavy atom. The molecule has 1 aromatic heterocycles. The molecule has 0 aliphatic rings. The van der Waals surface area contributed by atoms with E-state index in [1.54, 1.807) is 4.68 Å². The Hall–Kier alpha value is -1.96. The van der Waals surface area contributed by atoms with E-state index < -0.39 is 11.9 Å². The second-order valence-corrected chi connectivity index (χ2v) is 3.90. The van der Waals surface area contributed by atoms with Crippen LogP contribution in [0.2, 0.25) is 0 Å². The maximum absolute atomic E-state index is 10.9. The first-order chi connectivity index (χ1) is 8.52. The van der Waals surface area contributed by atoms with Gasteiger partial charge >= 0.3 is 5.97 Å². The fourth-order valence-electron chi connectivity index (χ4n) is 1.59. The summed E-state index contributed by atoms with van der Waals surface area (Å²) < 4.78 is 1.69. The molecule has 0 spiro atoms. The number of aromatic nitrogens is 3. The predicted octanol–water partition coefficient (Wildman–Crippen LogP) is -0.940. The molecular formula is C10H17N5O3. The Balaban J connectivity index is 2.71. The third-order valence-corrected chi connectivity index (χ3v) is 2.23. The van der Waals surface area contributed by atoms with E-state index in [1.165, 1.54) is 11.2 Å². The van der Waals surface area contributed by atoms with Gasteiger partial charge in [0, 0.05) is 6.54 Å². The van der Waals surface area contributed by atoms with Crippen LogP contribution in [0.25, 0.3) is 0 Å². The number of amides is 1. The van der Waals surface area contributed by atoms with Crippen molar-refractivity contribution >= 4 is 11.9 Å². The lowest BCUT2D eigenvalue weighted by Gasteiger charge is -2.17. The molecule has 3 N–H and O–H groups in total. The van der Waals surface area contributed by atoms with Crippen molar-refractivity contribution in [2.24, 2.45) is 5.73 Å². The van der Waals surface area contributed by atoms with Gasteiger partial charge < -0.3 is 10.8 Å². The lowest BCUT2D eigenvalue weighted by Crippen LogP contribution is -2.37. The molecule has 0 aromatic carbocycles. The van der Waals surface area contributed by atoms with Gasteiger partial charge in [-0.25, -0.2) is 9.67 Å². The van der Waals surface area contributed by atoms with E-state index >= 15 is 0 Å². The summed E-state index contributed by atoms with van der Waals surface area (Å²) in [6.07, 6.45) is 2.30. The molecule has 0 aliphatic carbocycles. The number of hydrogen-bond acceptors (Lipinski definition) is 5. The summed E-state index contributed by atoms with van der Waals surface area (Å²) in [6, 6.07) is 0. The van der Waals surface area contributed by atoms with Crippen LogP contribution in [-0.4, -0.2) is 49.7 Å². The molecule has 0 fully saturated rings. The SMILES string of the molecule is CCCn1ncnc1CN(CC(N)=O)CC(=O)O. The maximum atomic E-state index is 10.9. The first-order valence-electron chi connectivity index (χ1n) is 5.62. The van der Waals surface area contributed by atoms with Gasteiger partial charge in [0.1, 0.15) is 12.2 Å². The Labute approximate surface area is 104 Å². The number of hydrogen-bond donors (Lipinski definition) is 2. The van der Waals surface area contributed by atoms with E-state index in [-0.39, 0.29) is 19.6 Å². The van der Waals surface area contributed by atoms with E-state index in [4.69, 9.17) is 10.8 Å². The fourth-order valence-corrected chi connectivity index (χ4v) is 1.59. The van der Waals surface area contributed by atoms with Crippen LogP contribution in [0.15, 0.2) is 6.33 Å². The van der Waals surface area contributed by atoms with Crippen LogP contribution >= 0.6 is 0 Å². The minimum Gasteiger partial charge on any atom is -0.480 e. The molecule has 0 saturated carbocycles. The van der Waals surface area contributed by atoms with Gasteiger partial charge in [0.2, 0.25) is 5.91 Å². The van der Waals surface area contributed by atoms with Gasteiger partial charge in [-0.3, -0.25) is 14.5 Å². The molecule has 8 nitrogen and oxygen atoms in total. The molecule has 0 bridgehead atoms. The number of aryl methyl sites for hydroxylation is 1. The molecule has 1 aromatic rings. The number of carboxylic acid groups (broad SMARTS) is 1.